The van der Waals surface area contributed by atoms with E-state index >= 15 is 0 Å². The van der Waals surface area contributed by atoms with E-state index in [1.807, 2.05) is 12.2 Å². The largest absolute Gasteiger partial charge is 0.416 e. The van der Waals surface area contributed by atoms with Gasteiger partial charge in [-0.3, -0.25) is 19.3 Å². The van der Waals surface area contributed by atoms with Crippen molar-refractivity contribution >= 4 is 35.0 Å². The molecule has 1 N–H and O–H groups in total. The summed E-state index contributed by atoms with van der Waals surface area (Å²) in [6.45, 7) is -0.105. The van der Waals surface area contributed by atoms with Gasteiger partial charge < -0.3 is 5.32 Å². The normalized spacial score (nSPS) is 28.2. The molecular weight excluding hydrogens is 397 g/mol. The van der Waals surface area contributed by atoms with E-state index < -0.39 is 17.6 Å². The first-order valence-corrected chi connectivity index (χ1v) is 9.25. The highest BCUT2D eigenvalue weighted by atomic mass is 35.5. The number of hydrogen-bond acceptors (Lipinski definition) is 3. The van der Waals surface area contributed by atoms with Gasteiger partial charge in [0.05, 0.1) is 28.1 Å². The third kappa shape index (κ3) is 3.09. The molecular formula is C19H16ClF3N2O3. The van der Waals surface area contributed by atoms with Gasteiger partial charge in [-0.25, -0.2) is 0 Å². The van der Waals surface area contributed by atoms with Gasteiger partial charge in [0, 0.05) is 13.0 Å². The van der Waals surface area contributed by atoms with Crippen molar-refractivity contribution in [2.45, 2.75) is 19.0 Å². The lowest BCUT2D eigenvalue weighted by molar-refractivity contribution is -0.141. The zero-order chi connectivity index (χ0) is 20.2. The SMILES string of the molecule is O=C(CCN1C(=O)C2C3C=CC(C3)C2C1=O)Nc1cc(C(F)(F)F)ccc1Cl. The standard InChI is InChI=1S/C19H16ClF3N2O3/c20-12-4-3-11(19(21,22)23)8-13(12)24-14(26)5-6-25-17(27)15-9-1-2-10(7-9)16(15)18(25)28/h1-4,8-10,15-16H,5-7H2,(H,24,26). The van der Waals surface area contributed by atoms with Crippen molar-refractivity contribution in [1.82, 2.24) is 4.90 Å². The summed E-state index contributed by atoms with van der Waals surface area (Å²) in [5, 5.41) is 2.29. The number of hydrogen-bond donors (Lipinski definition) is 1. The lowest BCUT2D eigenvalue weighted by atomic mass is 9.85. The number of nitrogens with one attached hydrogen (secondary N) is 1. The minimum atomic E-state index is -4.57. The summed E-state index contributed by atoms with van der Waals surface area (Å²) >= 11 is 5.86. The summed E-state index contributed by atoms with van der Waals surface area (Å²) < 4.78 is 38.4. The van der Waals surface area contributed by atoms with Crippen molar-refractivity contribution in [1.29, 1.82) is 0 Å². The topological polar surface area (TPSA) is 66.5 Å². The van der Waals surface area contributed by atoms with Crippen molar-refractivity contribution in [2.24, 2.45) is 23.7 Å². The molecule has 148 valence electrons. The molecule has 4 rings (SSSR count). The fourth-order valence-corrected chi connectivity index (χ4v) is 4.57. The zero-order valence-electron chi connectivity index (χ0n) is 14.5. The fraction of sp³-hybridized carbons (Fsp3) is 0.421. The van der Waals surface area contributed by atoms with Gasteiger partial charge in [0.2, 0.25) is 17.7 Å². The molecule has 3 amide bonds. The summed E-state index contributed by atoms with van der Waals surface area (Å²) in [6, 6.07) is 2.62. The van der Waals surface area contributed by atoms with Crippen LogP contribution < -0.4 is 5.32 Å². The van der Waals surface area contributed by atoms with Gasteiger partial charge in [0.25, 0.3) is 0 Å². The van der Waals surface area contributed by atoms with E-state index in [0.717, 1.165) is 29.5 Å². The quantitative estimate of drug-likeness (QED) is 0.608. The van der Waals surface area contributed by atoms with E-state index in [9.17, 15) is 27.6 Å². The van der Waals surface area contributed by atoms with Crippen LogP contribution in [0.1, 0.15) is 18.4 Å². The molecule has 1 heterocycles. The van der Waals surface area contributed by atoms with Gasteiger partial charge in [-0.05, 0) is 36.5 Å². The highest BCUT2D eigenvalue weighted by Crippen LogP contribution is 2.52. The number of allylic oxidation sites excluding steroid dienone is 2. The van der Waals surface area contributed by atoms with Crippen LogP contribution in [0.25, 0.3) is 0 Å². The Bertz CT molecular complexity index is 869. The van der Waals surface area contributed by atoms with Crippen molar-refractivity contribution in [3.63, 3.8) is 0 Å². The summed E-state index contributed by atoms with van der Waals surface area (Å²) in [5.74, 6) is -1.69. The molecule has 1 saturated carbocycles. The number of halogens is 4. The Balaban J connectivity index is 1.39. The minimum Gasteiger partial charge on any atom is -0.325 e. The monoisotopic (exact) mass is 412 g/mol. The number of imide groups is 1. The van der Waals surface area contributed by atoms with Crippen LogP contribution in [0.3, 0.4) is 0 Å². The zero-order valence-corrected chi connectivity index (χ0v) is 15.3. The van der Waals surface area contributed by atoms with Crippen LogP contribution in [0.5, 0.6) is 0 Å². The molecule has 5 nitrogen and oxygen atoms in total. The van der Waals surface area contributed by atoms with Crippen LogP contribution in [-0.4, -0.2) is 29.2 Å². The number of carbonyl (C=O) groups excluding carboxylic acids is 3. The predicted molar refractivity (Wildman–Crippen MR) is 94.1 cm³/mol. The maximum Gasteiger partial charge on any atom is 0.416 e. The molecule has 1 aromatic rings. The molecule has 4 unspecified atom stereocenters. The summed E-state index contributed by atoms with van der Waals surface area (Å²) in [7, 11) is 0. The number of fused-ring (bicyclic) bond motifs is 5. The number of anilines is 1. The Labute approximate surface area is 163 Å². The molecule has 1 aliphatic heterocycles. The highest BCUT2D eigenvalue weighted by Gasteiger charge is 2.59. The van der Waals surface area contributed by atoms with E-state index in [2.05, 4.69) is 5.32 Å². The molecule has 2 fully saturated rings. The first-order valence-electron chi connectivity index (χ1n) is 8.87. The molecule has 1 saturated heterocycles. The average molecular weight is 413 g/mol. The Kier molecular flexibility index (Phi) is 4.49. The molecule has 3 aliphatic rings. The average Bonchev–Trinajstić information content (AvgIpc) is 3.29. The maximum absolute atomic E-state index is 12.8. The molecule has 2 aliphatic carbocycles. The maximum atomic E-state index is 12.8. The number of nitrogens with zero attached hydrogens (tertiary/aromatic N) is 1. The van der Waals surface area contributed by atoms with Crippen molar-refractivity contribution in [2.75, 3.05) is 11.9 Å². The Morgan fingerprint density at radius 1 is 1.14 bits per heavy atom. The minimum absolute atomic E-state index is 0.0353. The molecule has 4 atom stereocenters. The van der Waals surface area contributed by atoms with E-state index in [1.54, 1.807) is 0 Å². The van der Waals surface area contributed by atoms with E-state index in [-0.39, 0.29) is 59.2 Å². The summed E-state index contributed by atoms with van der Waals surface area (Å²) in [6.07, 6.45) is -0.0171. The molecule has 0 spiro atoms. The lowest BCUT2D eigenvalue weighted by Gasteiger charge is -2.17. The van der Waals surface area contributed by atoms with E-state index in [1.165, 1.54) is 0 Å². The Morgan fingerprint density at radius 3 is 2.32 bits per heavy atom. The van der Waals surface area contributed by atoms with Crippen molar-refractivity contribution in [3.8, 4) is 0 Å². The number of carbonyl (C=O) groups is 3. The molecule has 28 heavy (non-hydrogen) atoms. The van der Waals surface area contributed by atoms with Crippen LogP contribution in [-0.2, 0) is 20.6 Å². The predicted octanol–water partition coefficient (Wildman–Crippen LogP) is 3.49. The van der Waals surface area contributed by atoms with Gasteiger partial charge >= 0.3 is 6.18 Å². The van der Waals surface area contributed by atoms with E-state index in [4.69, 9.17) is 11.6 Å². The third-order valence-electron chi connectivity index (χ3n) is 5.69. The van der Waals surface area contributed by atoms with E-state index in [0.29, 0.717) is 0 Å². The Morgan fingerprint density at radius 2 is 1.75 bits per heavy atom. The second kappa shape index (κ2) is 6.62. The number of amides is 3. The van der Waals surface area contributed by atoms with Crippen LogP contribution in [0.4, 0.5) is 18.9 Å². The second-order valence-electron chi connectivity index (χ2n) is 7.32. The summed E-state index contributed by atoms with van der Waals surface area (Å²) in [4.78, 5) is 38.4. The second-order valence-corrected chi connectivity index (χ2v) is 7.73. The van der Waals surface area contributed by atoms with Crippen molar-refractivity contribution in [3.05, 3.63) is 40.9 Å². The van der Waals surface area contributed by atoms with Gasteiger partial charge in [-0.15, -0.1) is 0 Å². The molecule has 1 aromatic carbocycles. The number of benzene rings is 1. The van der Waals surface area contributed by atoms with Crippen LogP contribution >= 0.6 is 11.6 Å². The first kappa shape index (κ1) is 19.0. The van der Waals surface area contributed by atoms with Gasteiger partial charge in [0.15, 0.2) is 0 Å². The number of alkyl halides is 3. The van der Waals surface area contributed by atoms with Gasteiger partial charge in [-0.1, -0.05) is 23.8 Å². The molecule has 2 bridgehead atoms. The summed E-state index contributed by atoms with van der Waals surface area (Å²) in [5.41, 5.74) is -1.10. The molecule has 9 heteroatoms. The van der Waals surface area contributed by atoms with Crippen molar-refractivity contribution < 1.29 is 27.6 Å². The molecule has 0 aromatic heterocycles. The van der Waals surface area contributed by atoms with Gasteiger partial charge in [0.1, 0.15) is 0 Å². The number of likely N-dealkylation sites (tertiary alicyclic amines) is 1. The Hall–Kier alpha value is -2.35. The van der Waals surface area contributed by atoms with Crippen LogP contribution in [0.2, 0.25) is 5.02 Å². The van der Waals surface area contributed by atoms with Gasteiger partial charge in [-0.2, -0.15) is 13.2 Å². The van der Waals surface area contributed by atoms with Crippen LogP contribution in [0, 0.1) is 23.7 Å². The molecule has 0 radical (unpaired) electrons. The first-order chi connectivity index (χ1) is 13.2. The third-order valence-corrected chi connectivity index (χ3v) is 6.02. The fourth-order valence-electron chi connectivity index (χ4n) is 4.41. The number of rotatable bonds is 4. The highest BCUT2D eigenvalue weighted by molar-refractivity contribution is 6.33. The van der Waals surface area contributed by atoms with Crippen LogP contribution in [0.15, 0.2) is 30.4 Å². The lowest BCUT2D eigenvalue weighted by Crippen LogP contribution is -2.35. The smallest absolute Gasteiger partial charge is 0.325 e.